The summed E-state index contributed by atoms with van der Waals surface area (Å²) >= 11 is 1.42. The predicted molar refractivity (Wildman–Crippen MR) is 111 cm³/mol. The van der Waals surface area contributed by atoms with E-state index in [2.05, 4.69) is 27.1 Å². The van der Waals surface area contributed by atoms with Crippen molar-refractivity contribution >= 4 is 33.4 Å². The van der Waals surface area contributed by atoms with Crippen LogP contribution in [0.4, 0.5) is 5.69 Å². The summed E-state index contributed by atoms with van der Waals surface area (Å²) in [6.07, 6.45) is 1.56. The van der Waals surface area contributed by atoms with E-state index in [1.807, 2.05) is 18.2 Å². The summed E-state index contributed by atoms with van der Waals surface area (Å²) in [5.41, 5.74) is 1.84. The smallest absolute Gasteiger partial charge is 0.240 e. The Labute approximate surface area is 169 Å². The van der Waals surface area contributed by atoms with Crippen molar-refractivity contribution < 1.29 is 13.2 Å². The fourth-order valence-electron chi connectivity index (χ4n) is 3.57. The van der Waals surface area contributed by atoms with Crippen LogP contribution in [-0.2, 0) is 21.4 Å². The predicted octanol–water partition coefficient (Wildman–Crippen LogP) is 2.67. The summed E-state index contributed by atoms with van der Waals surface area (Å²) in [6, 6.07) is 15.2. The Bertz CT molecular complexity index is 956. The highest BCUT2D eigenvalue weighted by molar-refractivity contribution is 8.00. The van der Waals surface area contributed by atoms with E-state index in [9.17, 15) is 13.2 Å². The van der Waals surface area contributed by atoms with Gasteiger partial charge in [-0.25, -0.2) is 13.1 Å². The molecule has 0 radical (unpaired) electrons. The Morgan fingerprint density at radius 1 is 1.11 bits per heavy atom. The van der Waals surface area contributed by atoms with Crippen LogP contribution in [0.25, 0.3) is 0 Å². The van der Waals surface area contributed by atoms with Gasteiger partial charge in [0, 0.05) is 30.6 Å². The molecule has 1 fully saturated rings. The third-order valence-corrected chi connectivity index (χ3v) is 7.64. The van der Waals surface area contributed by atoms with Gasteiger partial charge < -0.3 is 5.32 Å². The number of anilines is 1. The quantitative estimate of drug-likeness (QED) is 0.782. The summed E-state index contributed by atoms with van der Waals surface area (Å²) in [7, 11) is -3.62. The lowest BCUT2D eigenvalue weighted by Gasteiger charge is -2.32. The zero-order valence-corrected chi connectivity index (χ0v) is 17.1. The second-order valence-corrected chi connectivity index (χ2v) is 9.88. The normalized spacial score (nSPS) is 18.5. The molecule has 1 saturated heterocycles. The number of hydrogen-bond donors (Lipinski definition) is 2. The maximum Gasteiger partial charge on any atom is 0.240 e. The molecule has 0 aromatic heterocycles. The summed E-state index contributed by atoms with van der Waals surface area (Å²) in [6.45, 7) is 2.61. The van der Waals surface area contributed by atoms with Gasteiger partial charge in [-0.2, -0.15) is 0 Å². The van der Waals surface area contributed by atoms with Crippen LogP contribution in [0.5, 0.6) is 0 Å². The molecule has 6 nitrogen and oxygen atoms in total. The lowest BCUT2D eigenvalue weighted by molar-refractivity contribution is -0.113. The van der Waals surface area contributed by atoms with Crippen LogP contribution in [0.15, 0.2) is 58.3 Å². The van der Waals surface area contributed by atoms with Crippen molar-refractivity contribution in [2.75, 3.05) is 24.2 Å². The molecule has 2 aromatic rings. The van der Waals surface area contributed by atoms with E-state index in [0.717, 1.165) is 37.4 Å². The first-order valence-electron chi connectivity index (χ1n) is 9.35. The highest BCUT2D eigenvalue weighted by Gasteiger charge is 2.26. The molecule has 0 spiro atoms. The van der Waals surface area contributed by atoms with Crippen LogP contribution in [0.1, 0.15) is 18.4 Å². The molecule has 0 bridgehead atoms. The molecule has 2 aliphatic heterocycles. The molecule has 2 heterocycles. The highest BCUT2D eigenvalue weighted by Crippen LogP contribution is 2.33. The lowest BCUT2D eigenvalue weighted by atomic mass is 10.1. The molecule has 2 aliphatic rings. The summed E-state index contributed by atoms with van der Waals surface area (Å²) < 4.78 is 28.4. The Balaban J connectivity index is 1.37. The maximum atomic E-state index is 12.8. The molecule has 1 amide bonds. The van der Waals surface area contributed by atoms with Gasteiger partial charge in [0.1, 0.15) is 0 Å². The van der Waals surface area contributed by atoms with Gasteiger partial charge in [-0.3, -0.25) is 9.69 Å². The standard InChI is InChI=1S/C20H23N3O3S2/c24-20-14-27-19-7-6-17(12-18(19)21-20)28(25,26)22-16-8-10-23(11-9-16)13-15-4-2-1-3-5-15/h1-7,12,16,22H,8-11,13-14H2,(H,21,24). The molecule has 148 valence electrons. The Kier molecular flexibility index (Phi) is 5.73. The number of rotatable bonds is 5. The number of carbonyl (C=O) groups is 1. The summed E-state index contributed by atoms with van der Waals surface area (Å²) in [4.78, 5) is 15.0. The second kappa shape index (κ2) is 8.24. The van der Waals surface area contributed by atoms with Gasteiger partial charge in [0.15, 0.2) is 0 Å². The third kappa shape index (κ3) is 4.57. The number of sulfonamides is 1. The molecule has 28 heavy (non-hydrogen) atoms. The second-order valence-electron chi connectivity index (χ2n) is 7.15. The van der Waals surface area contributed by atoms with Gasteiger partial charge in [-0.05, 0) is 36.6 Å². The Morgan fingerprint density at radius 2 is 1.86 bits per heavy atom. The van der Waals surface area contributed by atoms with Gasteiger partial charge >= 0.3 is 0 Å². The molecular weight excluding hydrogens is 394 g/mol. The zero-order chi connectivity index (χ0) is 19.6. The van der Waals surface area contributed by atoms with E-state index in [4.69, 9.17) is 0 Å². The van der Waals surface area contributed by atoms with Crippen LogP contribution in [-0.4, -0.2) is 44.1 Å². The number of nitrogens with one attached hydrogen (secondary N) is 2. The number of amides is 1. The average Bonchev–Trinajstić information content (AvgIpc) is 2.69. The molecule has 0 atom stereocenters. The number of carbonyl (C=O) groups excluding carboxylic acids is 1. The fraction of sp³-hybridized carbons (Fsp3) is 0.350. The fourth-order valence-corrected chi connectivity index (χ4v) is 5.69. The summed E-state index contributed by atoms with van der Waals surface area (Å²) in [5, 5.41) is 2.75. The van der Waals surface area contributed by atoms with Crippen molar-refractivity contribution in [3.05, 3.63) is 54.1 Å². The van der Waals surface area contributed by atoms with Gasteiger partial charge in [0.25, 0.3) is 0 Å². The van der Waals surface area contributed by atoms with Crippen molar-refractivity contribution in [2.24, 2.45) is 0 Å². The van der Waals surface area contributed by atoms with E-state index in [1.165, 1.54) is 17.3 Å². The van der Waals surface area contributed by atoms with Crippen molar-refractivity contribution in [1.82, 2.24) is 9.62 Å². The minimum Gasteiger partial charge on any atom is -0.324 e. The molecule has 8 heteroatoms. The van der Waals surface area contributed by atoms with Crippen LogP contribution in [0.3, 0.4) is 0 Å². The van der Waals surface area contributed by atoms with Gasteiger partial charge in [-0.15, -0.1) is 11.8 Å². The molecule has 0 aliphatic carbocycles. The molecule has 2 aromatic carbocycles. The Morgan fingerprint density at radius 3 is 2.61 bits per heavy atom. The lowest BCUT2D eigenvalue weighted by Crippen LogP contribution is -2.44. The molecule has 0 saturated carbocycles. The molecule has 0 unspecified atom stereocenters. The monoisotopic (exact) mass is 417 g/mol. The first-order chi connectivity index (χ1) is 13.5. The van der Waals surface area contributed by atoms with E-state index in [-0.39, 0.29) is 16.8 Å². The number of hydrogen-bond acceptors (Lipinski definition) is 5. The zero-order valence-electron chi connectivity index (χ0n) is 15.4. The van der Waals surface area contributed by atoms with Crippen LogP contribution in [0.2, 0.25) is 0 Å². The van der Waals surface area contributed by atoms with E-state index >= 15 is 0 Å². The van der Waals surface area contributed by atoms with E-state index in [0.29, 0.717) is 11.4 Å². The average molecular weight is 418 g/mol. The number of benzene rings is 2. The number of fused-ring (bicyclic) bond motifs is 1. The minimum absolute atomic E-state index is 0.0722. The molecular formula is C20H23N3O3S2. The largest absolute Gasteiger partial charge is 0.324 e. The van der Waals surface area contributed by atoms with Crippen molar-refractivity contribution in [2.45, 2.75) is 35.2 Å². The first-order valence-corrected chi connectivity index (χ1v) is 11.8. The van der Waals surface area contributed by atoms with Crippen LogP contribution >= 0.6 is 11.8 Å². The van der Waals surface area contributed by atoms with Crippen LogP contribution < -0.4 is 10.0 Å². The van der Waals surface area contributed by atoms with Gasteiger partial charge in [0.05, 0.1) is 16.3 Å². The van der Waals surface area contributed by atoms with Gasteiger partial charge in [-0.1, -0.05) is 30.3 Å². The number of nitrogens with zero attached hydrogens (tertiary/aromatic N) is 1. The van der Waals surface area contributed by atoms with Crippen molar-refractivity contribution in [1.29, 1.82) is 0 Å². The number of thioether (sulfide) groups is 1. The maximum absolute atomic E-state index is 12.8. The van der Waals surface area contributed by atoms with Crippen molar-refractivity contribution in [3.63, 3.8) is 0 Å². The summed E-state index contributed by atoms with van der Waals surface area (Å²) in [5.74, 6) is 0.254. The topological polar surface area (TPSA) is 78.5 Å². The molecule has 4 rings (SSSR count). The number of likely N-dealkylation sites (tertiary alicyclic amines) is 1. The Hall–Kier alpha value is -1.87. The minimum atomic E-state index is -3.62. The third-order valence-electron chi connectivity index (χ3n) is 5.05. The van der Waals surface area contributed by atoms with E-state index < -0.39 is 10.0 Å². The van der Waals surface area contributed by atoms with Gasteiger partial charge in [0.2, 0.25) is 15.9 Å². The highest BCUT2D eigenvalue weighted by atomic mass is 32.2. The van der Waals surface area contributed by atoms with E-state index in [1.54, 1.807) is 18.2 Å². The number of piperidine rings is 1. The molecule has 2 N–H and O–H groups in total. The SMILES string of the molecule is O=C1CSc2ccc(S(=O)(=O)NC3CCN(Cc4ccccc4)CC3)cc2N1. The first kappa shape index (κ1) is 19.4. The van der Waals surface area contributed by atoms with Crippen LogP contribution in [0, 0.1) is 0 Å². The van der Waals surface area contributed by atoms with Crippen molar-refractivity contribution in [3.8, 4) is 0 Å².